The third kappa shape index (κ3) is 0.670. The van der Waals surface area contributed by atoms with Crippen LogP contribution in [0.4, 0.5) is 0 Å². The second-order valence-corrected chi connectivity index (χ2v) is 2.49. The Balaban J connectivity index is 2.61. The van der Waals surface area contributed by atoms with E-state index in [1.54, 1.807) is 0 Å². The number of carbonyl (C=O) groups excluding carboxylic acids is 1. The van der Waals surface area contributed by atoms with Crippen molar-refractivity contribution in [3.05, 3.63) is 35.4 Å². The van der Waals surface area contributed by atoms with Crippen LogP contribution in [0.15, 0.2) is 18.2 Å². The van der Waals surface area contributed by atoms with E-state index in [2.05, 4.69) is 6.07 Å². The fourth-order valence-corrected chi connectivity index (χ4v) is 1.31. The van der Waals surface area contributed by atoms with Crippen LogP contribution in [0.5, 0.6) is 0 Å². The Morgan fingerprint density at radius 2 is 2.30 bits per heavy atom. The molecule has 1 heteroatoms. The molecule has 0 heterocycles. The summed E-state index contributed by atoms with van der Waals surface area (Å²) in [6, 6.07) is 8.66. The molecule has 49 valence electrons. The average Bonchev–Trinajstić information content (AvgIpc) is 2.34. The minimum Gasteiger partial charge on any atom is -0.294 e. The van der Waals surface area contributed by atoms with E-state index in [0.29, 0.717) is 6.42 Å². The fraction of sp³-hybridized carbons (Fsp3) is 0.222. The second kappa shape index (κ2) is 1.94. The van der Waals surface area contributed by atoms with Crippen molar-refractivity contribution in [3.63, 3.8) is 0 Å². The summed E-state index contributed by atoms with van der Waals surface area (Å²) < 4.78 is 0. The van der Waals surface area contributed by atoms with E-state index in [-0.39, 0.29) is 5.78 Å². The van der Waals surface area contributed by atoms with Gasteiger partial charge < -0.3 is 0 Å². The SMILES string of the molecule is O=C1CCc2[c]cccc21. The summed E-state index contributed by atoms with van der Waals surface area (Å²) in [5.74, 6) is 0.270. The van der Waals surface area contributed by atoms with Crippen LogP contribution >= 0.6 is 0 Å². The number of hydrogen-bond acceptors (Lipinski definition) is 1. The highest BCUT2D eigenvalue weighted by molar-refractivity contribution is 6.00. The normalized spacial score (nSPS) is 15.4. The number of carbonyl (C=O) groups is 1. The van der Waals surface area contributed by atoms with Gasteiger partial charge in [0.15, 0.2) is 5.78 Å². The summed E-state index contributed by atoms with van der Waals surface area (Å²) in [5, 5.41) is 0. The molecule has 1 radical (unpaired) electrons. The van der Waals surface area contributed by atoms with Gasteiger partial charge in [-0.2, -0.15) is 0 Å². The first kappa shape index (κ1) is 5.66. The molecule has 0 bridgehead atoms. The predicted molar refractivity (Wildman–Crippen MR) is 37.9 cm³/mol. The molecule has 1 aromatic rings. The zero-order valence-corrected chi connectivity index (χ0v) is 5.55. The van der Waals surface area contributed by atoms with Crippen molar-refractivity contribution < 1.29 is 4.79 Å². The van der Waals surface area contributed by atoms with Gasteiger partial charge in [-0.25, -0.2) is 0 Å². The van der Waals surface area contributed by atoms with E-state index in [1.807, 2.05) is 18.2 Å². The van der Waals surface area contributed by atoms with Gasteiger partial charge in [-0.3, -0.25) is 4.79 Å². The summed E-state index contributed by atoms with van der Waals surface area (Å²) in [7, 11) is 0. The number of aryl methyl sites for hydroxylation is 1. The van der Waals surface area contributed by atoms with Gasteiger partial charge in [-0.05, 0) is 18.1 Å². The predicted octanol–water partition coefficient (Wildman–Crippen LogP) is 1.62. The first-order valence-corrected chi connectivity index (χ1v) is 3.41. The van der Waals surface area contributed by atoms with Gasteiger partial charge in [-0.15, -0.1) is 0 Å². The Hall–Kier alpha value is -1.11. The Labute approximate surface area is 59.7 Å². The number of fused-ring (bicyclic) bond motifs is 1. The molecule has 0 aromatic heterocycles. The van der Waals surface area contributed by atoms with E-state index in [0.717, 1.165) is 17.5 Å². The van der Waals surface area contributed by atoms with E-state index in [1.165, 1.54) is 0 Å². The first-order valence-electron chi connectivity index (χ1n) is 3.41. The Morgan fingerprint density at radius 1 is 1.40 bits per heavy atom. The highest BCUT2D eigenvalue weighted by Crippen LogP contribution is 2.19. The molecule has 0 saturated heterocycles. The number of ketones is 1. The number of Topliss-reactive ketones (excluding diaryl/α,β-unsaturated/α-hetero) is 1. The van der Waals surface area contributed by atoms with Crippen LogP contribution in [0.3, 0.4) is 0 Å². The van der Waals surface area contributed by atoms with Crippen molar-refractivity contribution in [1.29, 1.82) is 0 Å². The maximum absolute atomic E-state index is 11.0. The zero-order chi connectivity index (χ0) is 6.97. The van der Waals surface area contributed by atoms with Crippen molar-refractivity contribution in [2.75, 3.05) is 0 Å². The second-order valence-electron chi connectivity index (χ2n) is 2.49. The minimum absolute atomic E-state index is 0.270. The minimum atomic E-state index is 0.270. The molecule has 0 atom stereocenters. The number of benzene rings is 1. The number of rotatable bonds is 0. The summed E-state index contributed by atoms with van der Waals surface area (Å²) >= 11 is 0. The Morgan fingerprint density at radius 3 is 3.10 bits per heavy atom. The van der Waals surface area contributed by atoms with Crippen molar-refractivity contribution >= 4 is 5.78 Å². The highest BCUT2D eigenvalue weighted by Gasteiger charge is 2.17. The van der Waals surface area contributed by atoms with Crippen LogP contribution in [-0.2, 0) is 6.42 Å². The third-order valence-corrected chi connectivity index (χ3v) is 1.84. The maximum atomic E-state index is 11.0. The van der Waals surface area contributed by atoms with Gasteiger partial charge in [0.25, 0.3) is 0 Å². The fourth-order valence-electron chi connectivity index (χ4n) is 1.31. The molecular formula is C9H7O. The molecule has 0 N–H and O–H groups in total. The molecular weight excluding hydrogens is 124 g/mol. The van der Waals surface area contributed by atoms with Crippen molar-refractivity contribution in [3.8, 4) is 0 Å². The summed E-state index contributed by atoms with van der Waals surface area (Å²) in [6.07, 6.45) is 1.56. The van der Waals surface area contributed by atoms with E-state index < -0.39 is 0 Å². The van der Waals surface area contributed by atoms with Crippen LogP contribution in [0.25, 0.3) is 0 Å². The molecule has 1 aliphatic rings. The maximum Gasteiger partial charge on any atom is 0.163 e. The third-order valence-electron chi connectivity index (χ3n) is 1.84. The van der Waals surface area contributed by atoms with Gasteiger partial charge in [0.05, 0.1) is 0 Å². The Kier molecular flexibility index (Phi) is 1.10. The van der Waals surface area contributed by atoms with E-state index in [9.17, 15) is 4.79 Å². The Bertz CT molecular complexity index is 276. The standard InChI is InChI=1S/C9H7O/c10-9-6-5-7-3-1-2-4-8(7)9/h1-2,4H,5-6H2. The lowest BCUT2D eigenvalue weighted by molar-refractivity contribution is 0.0994. The van der Waals surface area contributed by atoms with Gasteiger partial charge in [-0.1, -0.05) is 18.2 Å². The average molecular weight is 131 g/mol. The molecule has 1 aromatic carbocycles. The molecule has 10 heavy (non-hydrogen) atoms. The highest BCUT2D eigenvalue weighted by atomic mass is 16.1. The lowest BCUT2D eigenvalue weighted by Gasteiger charge is -1.91. The lowest BCUT2D eigenvalue weighted by atomic mass is 10.1. The van der Waals surface area contributed by atoms with Gasteiger partial charge in [0.1, 0.15) is 0 Å². The zero-order valence-electron chi connectivity index (χ0n) is 5.55. The van der Waals surface area contributed by atoms with Crippen molar-refractivity contribution in [2.24, 2.45) is 0 Å². The van der Waals surface area contributed by atoms with Crippen LogP contribution in [0, 0.1) is 6.07 Å². The monoisotopic (exact) mass is 131 g/mol. The van der Waals surface area contributed by atoms with E-state index >= 15 is 0 Å². The van der Waals surface area contributed by atoms with Gasteiger partial charge >= 0.3 is 0 Å². The lowest BCUT2D eigenvalue weighted by Crippen LogP contribution is -1.89. The summed E-state index contributed by atoms with van der Waals surface area (Å²) in [5.41, 5.74) is 1.97. The molecule has 1 aliphatic carbocycles. The molecule has 2 rings (SSSR count). The molecule has 0 saturated carbocycles. The smallest absolute Gasteiger partial charge is 0.163 e. The van der Waals surface area contributed by atoms with Crippen LogP contribution in [-0.4, -0.2) is 5.78 Å². The molecule has 0 spiro atoms. The quantitative estimate of drug-likeness (QED) is 0.522. The molecule has 1 nitrogen and oxygen atoms in total. The molecule has 0 amide bonds. The van der Waals surface area contributed by atoms with Crippen LogP contribution in [0.1, 0.15) is 22.3 Å². The molecule has 0 fully saturated rings. The van der Waals surface area contributed by atoms with E-state index in [4.69, 9.17) is 0 Å². The molecule has 0 aliphatic heterocycles. The van der Waals surface area contributed by atoms with Gasteiger partial charge in [0, 0.05) is 12.0 Å². The van der Waals surface area contributed by atoms with Gasteiger partial charge in [0.2, 0.25) is 0 Å². The van der Waals surface area contributed by atoms with Crippen LogP contribution in [0.2, 0.25) is 0 Å². The number of hydrogen-bond donors (Lipinski definition) is 0. The largest absolute Gasteiger partial charge is 0.294 e. The van der Waals surface area contributed by atoms with Crippen molar-refractivity contribution in [2.45, 2.75) is 12.8 Å². The molecule has 0 unspecified atom stereocenters. The van der Waals surface area contributed by atoms with Crippen molar-refractivity contribution in [1.82, 2.24) is 0 Å². The first-order chi connectivity index (χ1) is 4.88. The summed E-state index contributed by atoms with van der Waals surface area (Å²) in [6.45, 7) is 0. The summed E-state index contributed by atoms with van der Waals surface area (Å²) in [4.78, 5) is 11.0. The topological polar surface area (TPSA) is 17.1 Å². The van der Waals surface area contributed by atoms with Crippen LogP contribution < -0.4 is 0 Å².